The Morgan fingerprint density at radius 3 is 2.26 bits per heavy atom. The summed E-state index contributed by atoms with van der Waals surface area (Å²) in [4.78, 5) is 10.6. The molecule has 0 radical (unpaired) electrons. The molecule has 0 fully saturated rings. The number of nitrogens with one attached hydrogen (secondary N) is 1. The van der Waals surface area contributed by atoms with E-state index < -0.39 is 21.5 Å². The Morgan fingerprint density at radius 2 is 1.84 bits per heavy atom. The van der Waals surface area contributed by atoms with Crippen LogP contribution in [0.5, 0.6) is 0 Å². The number of hydrogen-bond acceptors (Lipinski definition) is 4. The van der Waals surface area contributed by atoms with E-state index in [9.17, 15) is 13.2 Å². The first kappa shape index (κ1) is 15.5. The molecule has 0 aliphatic carbocycles. The SMILES string of the molecule is CC(C)(CCC(=O)O)Nc1ccc(S(N)(=O)=O)cc1. The number of carboxylic acid groups (broad SMARTS) is 1. The third-order valence-corrected chi connectivity index (χ3v) is 3.56. The number of sulfonamides is 1. The molecular weight excluding hydrogens is 268 g/mol. The topological polar surface area (TPSA) is 109 Å². The van der Waals surface area contributed by atoms with E-state index in [0.717, 1.165) is 0 Å². The van der Waals surface area contributed by atoms with Gasteiger partial charge in [-0.3, -0.25) is 4.79 Å². The average molecular weight is 286 g/mol. The van der Waals surface area contributed by atoms with Gasteiger partial charge in [0, 0.05) is 17.6 Å². The largest absolute Gasteiger partial charge is 0.481 e. The van der Waals surface area contributed by atoms with Gasteiger partial charge in [0.25, 0.3) is 0 Å². The van der Waals surface area contributed by atoms with Crippen molar-refractivity contribution in [3.05, 3.63) is 24.3 Å². The molecule has 6 nitrogen and oxygen atoms in total. The van der Waals surface area contributed by atoms with Crippen LogP contribution in [-0.4, -0.2) is 25.0 Å². The molecule has 0 heterocycles. The maximum absolute atomic E-state index is 11.1. The molecule has 0 unspecified atom stereocenters. The summed E-state index contributed by atoms with van der Waals surface area (Å²) in [6, 6.07) is 6.01. The first-order valence-corrected chi connectivity index (χ1v) is 7.28. The Kier molecular flexibility index (Phi) is 4.54. The fraction of sp³-hybridized carbons (Fsp3) is 0.417. The number of rotatable bonds is 6. The van der Waals surface area contributed by atoms with E-state index in [0.29, 0.717) is 12.1 Å². The van der Waals surface area contributed by atoms with Crippen LogP contribution in [0.4, 0.5) is 5.69 Å². The van der Waals surface area contributed by atoms with Gasteiger partial charge in [-0.25, -0.2) is 13.6 Å². The van der Waals surface area contributed by atoms with Crippen LogP contribution >= 0.6 is 0 Å². The zero-order valence-corrected chi connectivity index (χ0v) is 11.7. The third-order valence-electron chi connectivity index (χ3n) is 2.63. The van der Waals surface area contributed by atoms with Crippen LogP contribution in [0.1, 0.15) is 26.7 Å². The molecule has 0 atom stereocenters. The highest BCUT2D eigenvalue weighted by molar-refractivity contribution is 7.89. The number of primary sulfonamides is 1. The van der Waals surface area contributed by atoms with Crippen molar-refractivity contribution in [2.75, 3.05) is 5.32 Å². The summed E-state index contributed by atoms with van der Waals surface area (Å²) in [5, 5.41) is 16.8. The van der Waals surface area contributed by atoms with Gasteiger partial charge in [0.2, 0.25) is 10.0 Å². The van der Waals surface area contributed by atoms with Gasteiger partial charge in [0.1, 0.15) is 0 Å². The minimum absolute atomic E-state index is 0.0430. The molecule has 0 aliphatic heterocycles. The molecule has 0 amide bonds. The third kappa shape index (κ3) is 5.27. The molecule has 0 spiro atoms. The minimum Gasteiger partial charge on any atom is -0.481 e. The Balaban J connectivity index is 2.75. The van der Waals surface area contributed by atoms with Crippen molar-refractivity contribution in [3.8, 4) is 0 Å². The second-order valence-corrected chi connectivity index (χ2v) is 6.53. The highest BCUT2D eigenvalue weighted by Crippen LogP contribution is 2.20. The number of benzene rings is 1. The Hall–Kier alpha value is -1.60. The lowest BCUT2D eigenvalue weighted by Crippen LogP contribution is -2.31. The van der Waals surface area contributed by atoms with E-state index in [4.69, 9.17) is 10.2 Å². The summed E-state index contributed by atoms with van der Waals surface area (Å²) in [5.74, 6) is -0.848. The van der Waals surface area contributed by atoms with Crippen molar-refractivity contribution in [3.63, 3.8) is 0 Å². The van der Waals surface area contributed by atoms with Gasteiger partial charge in [-0.05, 0) is 44.5 Å². The van der Waals surface area contributed by atoms with Crippen molar-refractivity contribution in [2.24, 2.45) is 5.14 Å². The molecule has 0 aromatic heterocycles. The number of hydrogen-bond donors (Lipinski definition) is 3. The van der Waals surface area contributed by atoms with Crippen molar-refractivity contribution in [1.29, 1.82) is 0 Å². The van der Waals surface area contributed by atoms with Crippen molar-refractivity contribution >= 4 is 21.7 Å². The molecule has 1 aromatic carbocycles. The summed E-state index contributed by atoms with van der Waals surface area (Å²) in [6.45, 7) is 3.76. The molecular formula is C12H18N2O4S. The van der Waals surface area contributed by atoms with Gasteiger partial charge in [-0.1, -0.05) is 0 Å². The minimum atomic E-state index is -3.69. The zero-order chi connectivity index (χ0) is 14.7. The standard InChI is InChI=1S/C12H18N2O4S/c1-12(2,8-7-11(15)16)14-9-3-5-10(6-4-9)19(13,17)18/h3-6,14H,7-8H2,1-2H3,(H,15,16)(H2,13,17,18). The summed E-state index contributed by atoms with van der Waals surface area (Å²) in [5.41, 5.74) is 0.310. The summed E-state index contributed by atoms with van der Waals surface area (Å²) < 4.78 is 22.2. The highest BCUT2D eigenvalue weighted by Gasteiger charge is 2.19. The fourth-order valence-electron chi connectivity index (χ4n) is 1.60. The smallest absolute Gasteiger partial charge is 0.303 e. The zero-order valence-electron chi connectivity index (χ0n) is 10.9. The van der Waals surface area contributed by atoms with E-state index in [2.05, 4.69) is 5.32 Å². The summed E-state index contributed by atoms with van der Waals surface area (Å²) in [7, 11) is -3.69. The molecule has 7 heteroatoms. The van der Waals surface area contributed by atoms with Gasteiger partial charge in [0.05, 0.1) is 4.90 Å². The van der Waals surface area contributed by atoms with Gasteiger partial charge in [-0.15, -0.1) is 0 Å². The summed E-state index contributed by atoms with van der Waals surface area (Å²) in [6.07, 6.45) is 0.522. The summed E-state index contributed by atoms with van der Waals surface area (Å²) >= 11 is 0. The number of carboxylic acids is 1. The lowest BCUT2D eigenvalue weighted by Gasteiger charge is -2.27. The maximum atomic E-state index is 11.1. The number of carbonyl (C=O) groups is 1. The number of nitrogens with two attached hydrogens (primary N) is 1. The highest BCUT2D eigenvalue weighted by atomic mass is 32.2. The Bertz CT molecular complexity index is 550. The molecule has 0 aliphatic rings. The average Bonchev–Trinajstić information content (AvgIpc) is 2.25. The Labute approximate surface area is 112 Å². The molecule has 1 aromatic rings. The molecule has 19 heavy (non-hydrogen) atoms. The lowest BCUT2D eigenvalue weighted by molar-refractivity contribution is -0.137. The van der Waals surface area contributed by atoms with Gasteiger partial charge in [0.15, 0.2) is 0 Å². The quantitative estimate of drug-likeness (QED) is 0.732. The molecule has 106 valence electrons. The normalized spacial score (nSPS) is 12.2. The Morgan fingerprint density at radius 1 is 1.32 bits per heavy atom. The first-order valence-electron chi connectivity index (χ1n) is 5.73. The molecule has 1 rings (SSSR count). The first-order chi connectivity index (χ1) is 8.60. The van der Waals surface area contributed by atoms with E-state index in [1.807, 2.05) is 13.8 Å². The molecule has 0 bridgehead atoms. The van der Waals surface area contributed by atoms with Crippen LogP contribution in [-0.2, 0) is 14.8 Å². The van der Waals surface area contributed by atoms with Crippen LogP contribution in [0.25, 0.3) is 0 Å². The van der Waals surface area contributed by atoms with E-state index in [1.54, 1.807) is 12.1 Å². The van der Waals surface area contributed by atoms with E-state index >= 15 is 0 Å². The molecule has 0 saturated heterocycles. The lowest BCUT2D eigenvalue weighted by atomic mass is 9.98. The van der Waals surface area contributed by atoms with Crippen LogP contribution in [0.15, 0.2) is 29.2 Å². The number of anilines is 1. The van der Waals surface area contributed by atoms with Crippen molar-refractivity contribution in [2.45, 2.75) is 37.1 Å². The van der Waals surface area contributed by atoms with Crippen LogP contribution in [0, 0.1) is 0 Å². The predicted molar refractivity (Wildman–Crippen MR) is 72.4 cm³/mol. The van der Waals surface area contributed by atoms with Crippen molar-refractivity contribution in [1.82, 2.24) is 0 Å². The van der Waals surface area contributed by atoms with Crippen molar-refractivity contribution < 1.29 is 18.3 Å². The maximum Gasteiger partial charge on any atom is 0.303 e. The molecule has 4 N–H and O–H groups in total. The fourth-order valence-corrected chi connectivity index (χ4v) is 2.12. The predicted octanol–water partition coefficient (Wildman–Crippen LogP) is 1.39. The van der Waals surface area contributed by atoms with Crippen LogP contribution < -0.4 is 10.5 Å². The second kappa shape index (κ2) is 5.58. The van der Waals surface area contributed by atoms with Gasteiger partial charge in [-0.2, -0.15) is 0 Å². The van der Waals surface area contributed by atoms with E-state index in [-0.39, 0.29) is 11.3 Å². The van der Waals surface area contributed by atoms with Crippen LogP contribution in [0.3, 0.4) is 0 Å². The number of aliphatic carboxylic acids is 1. The monoisotopic (exact) mass is 286 g/mol. The second-order valence-electron chi connectivity index (χ2n) is 4.97. The van der Waals surface area contributed by atoms with Gasteiger partial charge < -0.3 is 10.4 Å². The van der Waals surface area contributed by atoms with Crippen LogP contribution in [0.2, 0.25) is 0 Å². The van der Waals surface area contributed by atoms with E-state index in [1.165, 1.54) is 12.1 Å². The molecule has 0 saturated carbocycles. The van der Waals surface area contributed by atoms with Gasteiger partial charge >= 0.3 is 5.97 Å².